The molecule has 0 saturated carbocycles. The molecule has 0 aromatic carbocycles. The van der Waals surface area contributed by atoms with E-state index in [-0.39, 0.29) is 4.90 Å². The molecule has 21 heavy (non-hydrogen) atoms. The van der Waals surface area contributed by atoms with Crippen LogP contribution in [0.3, 0.4) is 0 Å². The number of nitrogens with zero attached hydrogens (tertiary/aromatic N) is 1. The van der Waals surface area contributed by atoms with Gasteiger partial charge in [0.2, 0.25) is 10.0 Å². The third-order valence-electron chi connectivity index (χ3n) is 3.42. The molecule has 2 aromatic heterocycles. The van der Waals surface area contributed by atoms with Crippen LogP contribution in [0.5, 0.6) is 0 Å². The van der Waals surface area contributed by atoms with Gasteiger partial charge in [-0.05, 0) is 19.0 Å². The van der Waals surface area contributed by atoms with Crippen molar-refractivity contribution in [1.29, 1.82) is 0 Å². The van der Waals surface area contributed by atoms with E-state index in [9.17, 15) is 8.42 Å². The maximum Gasteiger partial charge on any atom is 0.243 e. The minimum Gasteiger partial charge on any atom is -0.345 e. The number of hydrogen-bond acceptors (Lipinski definition) is 4. The Morgan fingerprint density at radius 3 is 3.05 bits per heavy atom. The van der Waals surface area contributed by atoms with Crippen LogP contribution in [0.2, 0.25) is 5.02 Å². The molecule has 6 nitrogen and oxygen atoms in total. The molecule has 112 valence electrons. The molecule has 1 aliphatic rings. The van der Waals surface area contributed by atoms with E-state index in [0.29, 0.717) is 22.6 Å². The molecule has 3 N–H and O–H groups in total. The Balaban J connectivity index is 1.88. The lowest BCUT2D eigenvalue weighted by molar-refractivity contribution is 0.583. The minimum atomic E-state index is -3.63. The van der Waals surface area contributed by atoms with Gasteiger partial charge in [0.05, 0.1) is 10.4 Å². The quantitative estimate of drug-likeness (QED) is 0.741. The number of rotatable bonds is 4. The zero-order valence-electron chi connectivity index (χ0n) is 11.2. The summed E-state index contributed by atoms with van der Waals surface area (Å²) in [5.74, 6) is 0. The van der Waals surface area contributed by atoms with E-state index in [4.69, 9.17) is 11.6 Å². The summed E-state index contributed by atoms with van der Waals surface area (Å²) in [6, 6.07) is 1.58. The van der Waals surface area contributed by atoms with Crippen molar-refractivity contribution < 1.29 is 8.42 Å². The molecule has 3 heterocycles. The fourth-order valence-electron chi connectivity index (χ4n) is 2.30. The van der Waals surface area contributed by atoms with E-state index in [1.807, 2.05) is 6.08 Å². The van der Waals surface area contributed by atoms with Gasteiger partial charge >= 0.3 is 0 Å². The van der Waals surface area contributed by atoms with Crippen LogP contribution in [-0.4, -0.2) is 38.0 Å². The highest BCUT2D eigenvalue weighted by atomic mass is 35.5. The number of aromatic amines is 1. The molecule has 0 spiro atoms. The summed E-state index contributed by atoms with van der Waals surface area (Å²) < 4.78 is 27.5. The lowest BCUT2D eigenvalue weighted by atomic mass is 10.1. The van der Waals surface area contributed by atoms with Crippen LogP contribution in [0.25, 0.3) is 11.0 Å². The van der Waals surface area contributed by atoms with E-state index in [2.05, 4.69) is 20.0 Å². The molecular formula is C13H15ClN4O2S. The van der Waals surface area contributed by atoms with E-state index >= 15 is 0 Å². The van der Waals surface area contributed by atoms with Crippen LogP contribution in [0.1, 0.15) is 6.42 Å². The number of halogens is 1. The maximum atomic E-state index is 12.4. The largest absolute Gasteiger partial charge is 0.345 e. The number of pyridine rings is 1. The van der Waals surface area contributed by atoms with Gasteiger partial charge < -0.3 is 10.3 Å². The van der Waals surface area contributed by atoms with Crippen LogP contribution in [0.4, 0.5) is 0 Å². The average molecular weight is 327 g/mol. The first-order valence-electron chi connectivity index (χ1n) is 6.58. The van der Waals surface area contributed by atoms with E-state index < -0.39 is 10.0 Å². The van der Waals surface area contributed by atoms with Gasteiger partial charge in [-0.25, -0.2) is 18.1 Å². The first-order chi connectivity index (χ1) is 10.1. The van der Waals surface area contributed by atoms with Crippen molar-refractivity contribution in [1.82, 2.24) is 20.0 Å². The Morgan fingerprint density at radius 1 is 1.43 bits per heavy atom. The number of fused-ring (bicyclic) bond motifs is 1. The minimum absolute atomic E-state index is 0.130. The van der Waals surface area contributed by atoms with Crippen molar-refractivity contribution in [3.63, 3.8) is 0 Å². The van der Waals surface area contributed by atoms with Gasteiger partial charge in [-0.1, -0.05) is 23.3 Å². The van der Waals surface area contributed by atoms with Crippen molar-refractivity contribution in [3.8, 4) is 0 Å². The summed E-state index contributed by atoms with van der Waals surface area (Å²) in [7, 11) is -3.63. The van der Waals surface area contributed by atoms with Crippen LogP contribution < -0.4 is 10.0 Å². The normalized spacial score (nSPS) is 16.1. The third kappa shape index (κ3) is 2.96. The van der Waals surface area contributed by atoms with Gasteiger partial charge in [-0.3, -0.25) is 0 Å². The smallest absolute Gasteiger partial charge is 0.243 e. The summed E-state index contributed by atoms with van der Waals surface area (Å²) in [5.41, 5.74) is 1.55. The Morgan fingerprint density at radius 2 is 2.29 bits per heavy atom. The highest BCUT2D eigenvalue weighted by Crippen LogP contribution is 2.28. The number of aromatic nitrogens is 2. The molecule has 0 bridgehead atoms. The monoisotopic (exact) mass is 326 g/mol. The molecular weight excluding hydrogens is 312 g/mol. The SMILES string of the molecule is O=S(=O)(NCC1=CCNCC1)c1c[nH]c2nccc(Cl)c12. The molecule has 0 amide bonds. The topological polar surface area (TPSA) is 86.9 Å². The van der Waals surface area contributed by atoms with Gasteiger partial charge in [0.15, 0.2) is 0 Å². The van der Waals surface area contributed by atoms with Crippen LogP contribution in [0.15, 0.2) is 35.0 Å². The third-order valence-corrected chi connectivity index (χ3v) is 5.16. The Labute approximate surface area is 127 Å². The van der Waals surface area contributed by atoms with Crippen molar-refractivity contribution >= 4 is 32.7 Å². The molecule has 2 aromatic rings. The van der Waals surface area contributed by atoms with Gasteiger partial charge in [-0.2, -0.15) is 0 Å². The highest BCUT2D eigenvalue weighted by Gasteiger charge is 2.21. The Kier molecular flexibility index (Phi) is 3.99. The van der Waals surface area contributed by atoms with Crippen molar-refractivity contribution in [2.45, 2.75) is 11.3 Å². The van der Waals surface area contributed by atoms with Crippen molar-refractivity contribution in [2.24, 2.45) is 0 Å². The standard InChI is InChI=1S/C13H15ClN4O2S/c14-10-3-6-16-13-12(10)11(8-17-13)21(19,20)18-7-9-1-4-15-5-2-9/h1,3,6,8,15,18H,2,4-5,7H2,(H,16,17). The van der Waals surface area contributed by atoms with Crippen LogP contribution in [-0.2, 0) is 10.0 Å². The fraction of sp³-hybridized carbons (Fsp3) is 0.308. The van der Waals surface area contributed by atoms with E-state index in [1.165, 1.54) is 12.4 Å². The number of sulfonamides is 1. The second kappa shape index (κ2) is 5.76. The summed E-state index contributed by atoms with van der Waals surface area (Å²) in [6.45, 7) is 1.96. The summed E-state index contributed by atoms with van der Waals surface area (Å²) in [5, 5.41) is 3.97. The summed E-state index contributed by atoms with van der Waals surface area (Å²) >= 11 is 6.09. The summed E-state index contributed by atoms with van der Waals surface area (Å²) in [4.78, 5) is 7.04. The Bertz CT molecular complexity index is 798. The molecule has 0 atom stereocenters. The number of hydrogen-bond donors (Lipinski definition) is 3. The second-order valence-corrected chi connectivity index (χ2v) is 6.95. The first kappa shape index (κ1) is 14.5. The lowest BCUT2D eigenvalue weighted by Gasteiger charge is -2.14. The Hall–Kier alpha value is -1.41. The predicted octanol–water partition coefficient (Wildman–Crippen LogP) is 1.41. The molecule has 1 aliphatic heterocycles. The van der Waals surface area contributed by atoms with Crippen LogP contribution >= 0.6 is 11.6 Å². The highest BCUT2D eigenvalue weighted by molar-refractivity contribution is 7.89. The van der Waals surface area contributed by atoms with Crippen molar-refractivity contribution in [2.75, 3.05) is 19.6 Å². The zero-order chi connectivity index (χ0) is 14.9. The first-order valence-corrected chi connectivity index (χ1v) is 8.44. The number of nitrogens with one attached hydrogen (secondary N) is 3. The van der Waals surface area contributed by atoms with Gasteiger partial charge in [0, 0.05) is 25.5 Å². The average Bonchev–Trinajstić information content (AvgIpc) is 2.93. The fourth-order valence-corrected chi connectivity index (χ4v) is 3.82. The molecule has 3 rings (SSSR count). The molecule has 0 fully saturated rings. The number of H-pyrrole nitrogens is 1. The lowest BCUT2D eigenvalue weighted by Crippen LogP contribution is -2.29. The molecule has 0 unspecified atom stereocenters. The molecule has 0 radical (unpaired) electrons. The molecule has 0 saturated heterocycles. The second-order valence-electron chi connectivity index (χ2n) is 4.81. The van der Waals surface area contributed by atoms with Gasteiger partial charge in [0.1, 0.15) is 10.5 Å². The molecule has 0 aliphatic carbocycles. The summed E-state index contributed by atoms with van der Waals surface area (Å²) in [6.07, 6.45) is 5.81. The van der Waals surface area contributed by atoms with E-state index in [1.54, 1.807) is 6.07 Å². The maximum absolute atomic E-state index is 12.4. The van der Waals surface area contributed by atoms with Gasteiger partial charge in [0.25, 0.3) is 0 Å². The molecule has 8 heteroatoms. The van der Waals surface area contributed by atoms with Crippen molar-refractivity contribution in [3.05, 3.63) is 35.1 Å². The van der Waals surface area contributed by atoms with Crippen LogP contribution in [0, 0.1) is 0 Å². The zero-order valence-corrected chi connectivity index (χ0v) is 12.8. The predicted molar refractivity (Wildman–Crippen MR) is 81.9 cm³/mol. The van der Waals surface area contributed by atoms with Gasteiger partial charge in [-0.15, -0.1) is 0 Å². The van der Waals surface area contributed by atoms with E-state index in [0.717, 1.165) is 25.1 Å².